The molecule has 0 amide bonds. The number of nitrogens with zero attached hydrogens (tertiary/aromatic N) is 3. The Morgan fingerprint density at radius 2 is 1.77 bits per heavy atom. The van der Waals surface area contributed by atoms with Crippen molar-refractivity contribution in [1.29, 1.82) is 0 Å². The summed E-state index contributed by atoms with van der Waals surface area (Å²) in [5, 5.41) is 5.88. The van der Waals surface area contributed by atoms with Crippen LogP contribution in [0, 0.1) is 11.6 Å². The number of pyridine rings is 1. The lowest BCUT2D eigenvalue weighted by atomic mass is 10.1. The number of hydrogen-bond donors (Lipinski definition) is 2. The Labute approximate surface area is 226 Å². The van der Waals surface area contributed by atoms with Crippen LogP contribution in [0.4, 0.5) is 27.9 Å². The van der Waals surface area contributed by atoms with Crippen LogP contribution in [-0.4, -0.2) is 48.7 Å². The standard InChI is InChI=1S/C27H24F5N5O2S/c28-18-5-1-15(2-6-18)13-40(38,39)14-17-4-3-16(7-22(17)30)23-9-21(26(31)32)25-24(36-23)12-34-27(37-25)35-20-8-19(29)10-33-11-20/h1-7,9,12,19-20,26,33H,8,10-11,13-14H2,(H,34,35,37)/t19-,20-/m0/s1. The van der Waals surface area contributed by atoms with Crippen LogP contribution in [0.25, 0.3) is 22.3 Å². The van der Waals surface area contributed by atoms with Gasteiger partial charge in [-0.25, -0.2) is 45.3 Å². The fourth-order valence-corrected chi connectivity index (χ4v) is 6.07. The number of fused-ring (bicyclic) bond motifs is 1. The molecule has 2 atom stereocenters. The predicted molar refractivity (Wildman–Crippen MR) is 140 cm³/mol. The lowest BCUT2D eigenvalue weighted by molar-refractivity contribution is 0.153. The van der Waals surface area contributed by atoms with Crippen molar-refractivity contribution in [3.63, 3.8) is 0 Å². The molecule has 2 aromatic carbocycles. The van der Waals surface area contributed by atoms with Crippen LogP contribution in [0.2, 0.25) is 0 Å². The number of nitrogens with one attached hydrogen (secondary N) is 2. The molecule has 0 saturated carbocycles. The Balaban J connectivity index is 1.39. The average Bonchev–Trinajstić information content (AvgIpc) is 2.90. The van der Waals surface area contributed by atoms with Gasteiger partial charge < -0.3 is 10.6 Å². The second kappa shape index (κ2) is 11.4. The quantitative estimate of drug-likeness (QED) is 0.280. The first-order valence-electron chi connectivity index (χ1n) is 12.4. The molecule has 0 radical (unpaired) electrons. The highest BCUT2D eigenvalue weighted by molar-refractivity contribution is 7.89. The van der Waals surface area contributed by atoms with Gasteiger partial charge in [0.2, 0.25) is 5.95 Å². The van der Waals surface area contributed by atoms with Crippen molar-refractivity contribution < 1.29 is 30.4 Å². The minimum atomic E-state index is -3.79. The molecule has 210 valence electrons. The molecule has 0 bridgehead atoms. The van der Waals surface area contributed by atoms with Crippen LogP contribution in [0.5, 0.6) is 0 Å². The Bertz CT molecular complexity index is 1640. The number of halogens is 5. The van der Waals surface area contributed by atoms with Gasteiger partial charge in [0.05, 0.1) is 23.4 Å². The van der Waals surface area contributed by atoms with Crippen molar-refractivity contribution in [2.24, 2.45) is 0 Å². The third-order valence-corrected chi connectivity index (χ3v) is 7.99. The average molecular weight is 578 g/mol. The zero-order chi connectivity index (χ0) is 28.4. The lowest BCUT2D eigenvalue weighted by Gasteiger charge is -2.26. The fraction of sp³-hybridized carbons (Fsp3) is 0.296. The molecule has 1 aliphatic heterocycles. The summed E-state index contributed by atoms with van der Waals surface area (Å²) in [5.41, 5.74) is -0.0417. The van der Waals surface area contributed by atoms with E-state index in [9.17, 15) is 30.4 Å². The van der Waals surface area contributed by atoms with Crippen LogP contribution >= 0.6 is 0 Å². The second-order valence-electron chi connectivity index (χ2n) is 9.62. The molecule has 1 aliphatic rings. The first kappa shape index (κ1) is 27.8. The summed E-state index contributed by atoms with van der Waals surface area (Å²) < 4.78 is 95.0. The molecule has 0 unspecified atom stereocenters. The summed E-state index contributed by atoms with van der Waals surface area (Å²) in [6.07, 6.45) is -2.49. The van der Waals surface area contributed by atoms with Gasteiger partial charge in [0, 0.05) is 42.2 Å². The second-order valence-corrected chi connectivity index (χ2v) is 11.7. The Morgan fingerprint density at radius 3 is 2.48 bits per heavy atom. The Kier molecular flexibility index (Phi) is 7.95. The smallest absolute Gasteiger partial charge is 0.266 e. The highest BCUT2D eigenvalue weighted by atomic mass is 32.2. The summed E-state index contributed by atoms with van der Waals surface area (Å²) in [7, 11) is -3.79. The number of anilines is 1. The molecule has 0 aliphatic carbocycles. The SMILES string of the molecule is O=S(=O)(Cc1ccc(F)cc1)Cc1ccc(-c2cc(C(F)F)c3nc(N[C@@H]4CNC[C@@H](F)C4)ncc3n2)cc1F. The molecule has 3 heterocycles. The molecule has 2 aromatic heterocycles. The van der Waals surface area contributed by atoms with Gasteiger partial charge in [-0.15, -0.1) is 0 Å². The fourth-order valence-electron chi connectivity index (χ4n) is 4.56. The zero-order valence-corrected chi connectivity index (χ0v) is 21.7. The Hall–Kier alpha value is -3.71. The van der Waals surface area contributed by atoms with Gasteiger partial charge in [-0.3, -0.25) is 0 Å². The number of sulfone groups is 1. The molecule has 2 N–H and O–H groups in total. The van der Waals surface area contributed by atoms with Crippen molar-refractivity contribution >= 4 is 26.8 Å². The summed E-state index contributed by atoms with van der Waals surface area (Å²) in [6.45, 7) is 0.710. The molecule has 40 heavy (non-hydrogen) atoms. The van der Waals surface area contributed by atoms with E-state index in [4.69, 9.17) is 0 Å². The number of rotatable bonds is 8. The van der Waals surface area contributed by atoms with E-state index < -0.39 is 51.1 Å². The number of aromatic nitrogens is 3. The van der Waals surface area contributed by atoms with Crippen LogP contribution < -0.4 is 10.6 Å². The van der Waals surface area contributed by atoms with Gasteiger partial charge in [0.25, 0.3) is 6.43 Å². The molecule has 0 spiro atoms. The van der Waals surface area contributed by atoms with Crippen LogP contribution in [-0.2, 0) is 21.3 Å². The number of benzene rings is 2. The third-order valence-electron chi connectivity index (χ3n) is 6.47. The van der Waals surface area contributed by atoms with Crippen molar-refractivity contribution in [3.05, 3.63) is 83.1 Å². The maximum Gasteiger partial charge on any atom is 0.266 e. The molecule has 1 saturated heterocycles. The van der Waals surface area contributed by atoms with E-state index in [1.54, 1.807) is 0 Å². The van der Waals surface area contributed by atoms with E-state index >= 15 is 0 Å². The third kappa shape index (κ3) is 6.53. The number of alkyl halides is 3. The van der Waals surface area contributed by atoms with E-state index in [-0.39, 0.29) is 52.8 Å². The minimum absolute atomic E-state index is 0.0310. The molecule has 7 nitrogen and oxygen atoms in total. The number of piperidine rings is 1. The maximum absolute atomic E-state index is 15.0. The van der Waals surface area contributed by atoms with Crippen LogP contribution in [0.15, 0.2) is 54.7 Å². The highest BCUT2D eigenvalue weighted by Gasteiger charge is 2.23. The first-order valence-corrected chi connectivity index (χ1v) is 14.2. The highest BCUT2D eigenvalue weighted by Crippen LogP contribution is 2.31. The predicted octanol–water partition coefficient (Wildman–Crippen LogP) is 5.13. The molecule has 1 fully saturated rings. The van der Waals surface area contributed by atoms with E-state index in [1.807, 2.05) is 0 Å². The van der Waals surface area contributed by atoms with Crippen LogP contribution in [0.1, 0.15) is 29.5 Å². The largest absolute Gasteiger partial charge is 0.350 e. The topological polar surface area (TPSA) is 96.9 Å². The monoisotopic (exact) mass is 577 g/mol. The van der Waals surface area contributed by atoms with Crippen molar-refractivity contribution in [3.8, 4) is 11.3 Å². The van der Waals surface area contributed by atoms with Crippen molar-refractivity contribution in [2.45, 2.75) is 36.6 Å². The Morgan fingerprint density at radius 1 is 1.00 bits per heavy atom. The normalized spacial score (nSPS) is 17.9. The van der Waals surface area contributed by atoms with Gasteiger partial charge in [-0.2, -0.15) is 0 Å². The van der Waals surface area contributed by atoms with Gasteiger partial charge >= 0.3 is 0 Å². The molecular formula is C27H24F5N5O2S. The summed E-state index contributed by atoms with van der Waals surface area (Å²) in [5.74, 6) is -2.29. The van der Waals surface area contributed by atoms with Crippen molar-refractivity contribution in [2.75, 3.05) is 18.4 Å². The minimum Gasteiger partial charge on any atom is -0.350 e. The summed E-state index contributed by atoms with van der Waals surface area (Å²) >= 11 is 0. The molecular weight excluding hydrogens is 553 g/mol. The van der Waals surface area contributed by atoms with Gasteiger partial charge in [0.1, 0.15) is 28.8 Å². The first-order chi connectivity index (χ1) is 19.1. The van der Waals surface area contributed by atoms with E-state index in [2.05, 4.69) is 25.6 Å². The molecule has 13 heteroatoms. The van der Waals surface area contributed by atoms with Gasteiger partial charge in [-0.1, -0.05) is 24.3 Å². The van der Waals surface area contributed by atoms with Gasteiger partial charge in [-0.05, 0) is 29.8 Å². The number of hydrogen-bond acceptors (Lipinski definition) is 7. The van der Waals surface area contributed by atoms with E-state index in [0.717, 1.165) is 24.3 Å². The van der Waals surface area contributed by atoms with E-state index in [0.29, 0.717) is 12.1 Å². The summed E-state index contributed by atoms with van der Waals surface area (Å²) in [6, 6.07) is 9.45. The van der Waals surface area contributed by atoms with Gasteiger partial charge in [0.15, 0.2) is 9.84 Å². The van der Waals surface area contributed by atoms with E-state index in [1.165, 1.54) is 30.5 Å². The molecule has 5 rings (SSSR count). The van der Waals surface area contributed by atoms with Crippen molar-refractivity contribution in [1.82, 2.24) is 20.3 Å². The zero-order valence-electron chi connectivity index (χ0n) is 20.9. The molecule has 4 aromatic rings. The summed E-state index contributed by atoms with van der Waals surface area (Å²) in [4.78, 5) is 12.6. The maximum atomic E-state index is 15.0. The van der Waals surface area contributed by atoms with Crippen LogP contribution in [0.3, 0.4) is 0 Å². The lowest BCUT2D eigenvalue weighted by Crippen LogP contribution is -2.44.